The first-order valence-electron chi connectivity index (χ1n) is 14.7. The summed E-state index contributed by atoms with van der Waals surface area (Å²) in [6, 6.07) is 14.0. The van der Waals surface area contributed by atoms with Crippen molar-refractivity contribution in [2.45, 2.75) is 18.9 Å². The summed E-state index contributed by atoms with van der Waals surface area (Å²) < 4.78 is 26.2. The van der Waals surface area contributed by atoms with Crippen LogP contribution in [0.15, 0.2) is 61.1 Å². The Balaban J connectivity index is 1.07. The fourth-order valence-electron chi connectivity index (χ4n) is 6.18. The molecule has 12 nitrogen and oxygen atoms in total. The van der Waals surface area contributed by atoms with Crippen molar-refractivity contribution in [3.8, 4) is 0 Å². The molecule has 2 saturated heterocycles. The number of aromatic amines is 1. The van der Waals surface area contributed by atoms with Crippen molar-refractivity contribution in [3.05, 3.63) is 61.1 Å². The molecule has 0 amide bonds. The number of hydrogen-bond acceptors (Lipinski definition) is 10. The number of hydrogen-bond donors (Lipinski definition) is 3. The van der Waals surface area contributed by atoms with E-state index >= 15 is 0 Å². The lowest BCUT2D eigenvalue weighted by Crippen LogP contribution is -2.52. The Morgan fingerprint density at radius 2 is 1.74 bits per heavy atom. The summed E-state index contributed by atoms with van der Waals surface area (Å²) in [6.45, 7) is 6.65. The van der Waals surface area contributed by atoms with Crippen molar-refractivity contribution in [1.29, 1.82) is 0 Å². The molecule has 0 atom stereocenters. The van der Waals surface area contributed by atoms with Gasteiger partial charge in [-0.25, -0.2) is 17.4 Å². The van der Waals surface area contributed by atoms with E-state index < -0.39 is 10.0 Å². The smallest absolute Gasteiger partial charge is 0.236 e. The SMILES string of the molecule is CN1CCN(C2CCN(c3ccc(Nc4nc(Nc5cccc6ccn(S(C)(=O)=O)c56)c5cc[nH]c5n4)cn3)CC2)CC1. The van der Waals surface area contributed by atoms with Crippen molar-refractivity contribution >= 4 is 60.9 Å². The number of aromatic nitrogens is 5. The van der Waals surface area contributed by atoms with Crippen LogP contribution in [-0.4, -0.2) is 101 Å². The lowest BCUT2D eigenvalue weighted by Gasteiger charge is -2.42. The highest BCUT2D eigenvalue weighted by molar-refractivity contribution is 7.89. The van der Waals surface area contributed by atoms with Gasteiger partial charge < -0.3 is 25.4 Å². The molecule has 13 heteroatoms. The molecule has 0 bridgehead atoms. The zero-order valence-electron chi connectivity index (χ0n) is 24.4. The number of piperazine rings is 1. The average molecular weight is 601 g/mol. The average Bonchev–Trinajstić information content (AvgIpc) is 3.67. The zero-order valence-corrected chi connectivity index (χ0v) is 25.2. The van der Waals surface area contributed by atoms with E-state index in [1.54, 1.807) is 18.5 Å². The van der Waals surface area contributed by atoms with Crippen LogP contribution in [0.5, 0.6) is 0 Å². The minimum absolute atomic E-state index is 0.394. The van der Waals surface area contributed by atoms with Crippen molar-refractivity contribution in [3.63, 3.8) is 0 Å². The van der Waals surface area contributed by atoms with Crippen LogP contribution < -0.4 is 15.5 Å². The summed E-state index contributed by atoms with van der Waals surface area (Å²) in [6.07, 6.45) is 8.70. The third kappa shape index (κ3) is 5.63. The summed E-state index contributed by atoms with van der Waals surface area (Å²) >= 11 is 0. The van der Waals surface area contributed by atoms with Gasteiger partial charge in [0.1, 0.15) is 17.3 Å². The quantitative estimate of drug-likeness (QED) is 0.254. The number of nitrogens with zero attached hydrogens (tertiary/aromatic N) is 7. The third-order valence-electron chi connectivity index (χ3n) is 8.55. The number of rotatable bonds is 7. The summed E-state index contributed by atoms with van der Waals surface area (Å²) in [5.74, 6) is 1.92. The molecule has 224 valence electrons. The van der Waals surface area contributed by atoms with Gasteiger partial charge in [0.15, 0.2) is 0 Å². The molecule has 7 rings (SSSR count). The van der Waals surface area contributed by atoms with Gasteiger partial charge in [-0.3, -0.25) is 4.90 Å². The molecule has 2 aliphatic heterocycles. The standard InChI is InChI=1S/C30H36N10O2S/c1-37-16-18-38(19-17-37)23-10-13-39(14-11-23)26-7-6-22(20-32-26)33-30-35-28-24(8-12-31-28)29(36-30)34-25-5-3-4-21-9-15-40(27(21)25)43(2,41)42/h3-9,12,15,20,23H,10-11,13-14,16-19H2,1-2H3,(H3,31,33,34,35,36). The van der Waals surface area contributed by atoms with Crippen molar-refractivity contribution in [1.82, 2.24) is 33.7 Å². The van der Waals surface area contributed by atoms with Crippen molar-refractivity contribution in [2.75, 3.05) is 68.1 Å². The molecule has 0 radical (unpaired) electrons. The molecule has 2 fully saturated rings. The monoisotopic (exact) mass is 600 g/mol. The molecule has 1 aromatic carbocycles. The fourth-order valence-corrected chi connectivity index (χ4v) is 7.00. The molecule has 43 heavy (non-hydrogen) atoms. The van der Waals surface area contributed by atoms with Crippen molar-refractivity contribution in [2.24, 2.45) is 0 Å². The molecule has 0 spiro atoms. The first-order chi connectivity index (χ1) is 20.8. The molecular formula is C30H36N10O2S. The molecule has 0 saturated carbocycles. The van der Waals surface area contributed by atoms with E-state index in [2.05, 4.69) is 42.3 Å². The highest BCUT2D eigenvalue weighted by Gasteiger charge is 2.27. The van der Waals surface area contributed by atoms with Crippen LogP contribution in [0, 0.1) is 0 Å². The molecule has 3 N–H and O–H groups in total. The Morgan fingerprint density at radius 3 is 2.49 bits per heavy atom. The van der Waals surface area contributed by atoms with Gasteiger partial charge in [0.25, 0.3) is 0 Å². The molecule has 2 aliphatic rings. The van der Waals surface area contributed by atoms with E-state index in [0.717, 1.165) is 74.4 Å². The number of para-hydroxylation sites is 1. The van der Waals surface area contributed by atoms with Gasteiger partial charge in [0.2, 0.25) is 16.0 Å². The first-order valence-corrected chi connectivity index (χ1v) is 16.5. The van der Waals surface area contributed by atoms with Crippen LogP contribution in [0.4, 0.5) is 29.0 Å². The Morgan fingerprint density at radius 1 is 0.930 bits per heavy atom. The number of pyridine rings is 1. The van der Waals surface area contributed by atoms with Gasteiger partial charge in [0, 0.05) is 63.1 Å². The lowest BCUT2D eigenvalue weighted by atomic mass is 10.0. The number of fused-ring (bicyclic) bond motifs is 2. The third-order valence-corrected chi connectivity index (χ3v) is 9.57. The molecule has 4 aromatic heterocycles. The summed E-state index contributed by atoms with van der Waals surface area (Å²) in [5, 5.41) is 8.24. The van der Waals surface area contributed by atoms with E-state index in [1.165, 1.54) is 10.2 Å². The molecule has 0 unspecified atom stereocenters. The lowest BCUT2D eigenvalue weighted by molar-refractivity contribution is 0.0981. The van der Waals surface area contributed by atoms with Crippen molar-refractivity contribution < 1.29 is 8.42 Å². The van der Waals surface area contributed by atoms with Crippen LogP contribution in [0.2, 0.25) is 0 Å². The van der Waals surface area contributed by atoms with Gasteiger partial charge >= 0.3 is 0 Å². The Labute approximate surface area is 250 Å². The van der Waals surface area contributed by atoms with Gasteiger partial charge in [-0.05, 0) is 50.2 Å². The highest BCUT2D eigenvalue weighted by Crippen LogP contribution is 2.31. The van der Waals surface area contributed by atoms with Gasteiger partial charge in [-0.2, -0.15) is 9.97 Å². The van der Waals surface area contributed by atoms with Crippen LogP contribution in [-0.2, 0) is 10.0 Å². The molecule has 0 aliphatic carbocycles. The fraction of sp³-hybridized carbons (Fsp3) is 0.367. The summed E-state index contributed by atoms with van der Waals surface area (Å²) in [4.78, 5) is 24.8. The van der Waals surface area contributed by atoms with Crippen LogP contribution in [0.1, 0.15) is 12.8 Å². The van der Waals surface area contributed by atoms with E-state index in [-0.39, 0.29) is 0 Å². The van der Waals surface area contributed by atoms with Gasteiger partial charge in [0.05, 0.1) is 34.7 Å². The van der Waals surface area contributed by atoms with Crippen LogP contribution >= 0.6 is 0 Å². The maximum absolute atomic E-state index is 12.4. The van der Waals surface area contributed by atoms with Crippen LogP contribution in [0.25, 0.3) is 21.9 Å². The minimum Gasteiger partial charge on any atom is -0.357 e. The summed E-state index contributed by atoms with van der Waals surface area (Å²) in [7, 11) is -1.29. The second kappa shape index (κ2) is 11.1. The summed E-state index contributed by atoms with van der Waals surface area (Å²) in [5.41, 5.74) is 2.62. The predicted octanol–water partition coefficient (Wildman–Crippen LogP) is 3.82. The normalized spacial score (nSPS) is 17.6. The Bertz CT molecular complexity index is 1850. The number of nitrogens with one attached hydrogen (secondary N) is 3. The number of H-pyrrole nitrogens is 1. The highest BCUT2D eigenvalue weighted by atomic mass is 32.2. The maximum atomic E-state index is 12.4. The second-order valence-corrected chi connectivity index (χ2v) is 13.3. The predicted molar refractivity (Wildman–Crippen MR) is 171 cm³/mol. The molecular weight excluding hydrogens is 564 g/mol. The number of piperidine rings is 1. The molecule has 6 heterocycles. The number of likely N-dealkylation sites (N-methyl/N-ethyl adjacent to an activating group) is 1. The van der Waals surface area contributed by atoms with Gasteiger partial charge in [-0.1, -0.05) is 12.1 Å². The van der Waals surface area contributed by atoms with E-state index in [0.29, 0.717) is 34.7 Å². The van der Waals surface area contributed by atoms with Crippen LogP contribution in [0.3, 0.4) is 0 Å². The van der Waals surface area contributed by atoms with E-state index in [9.17, 15) is 8.42 Å². The topological polar surface area (TPSA) is 127 Å². The largest absolute Gasteiger partial charge is 0.357 e. The first kappa shape index (κ1) is 27.6. The number of benzene rings is 1. The Hall–Kier alpha value is -4.20. The van der Waals surface area contributed by atoms with E-state index in [1.807, 2.05) is 42.6 Å². The second-order valence-electron chi connectivity index (χ2n) is 11.5. The minimum atomic E-state index is -3.49. The van der Waals surface area contributed by atoms with E-state index in [4.69, 9.17) is 9.97 Å². The maximum Gasteiger partial charge on any atom is 0.236 e. The Kier molecular flexibility index (Phi) is 7.15. The van der Waals surface area contributed by atoms with Gasteiger partial charge in [-0.15, -0.1) is 0 Å². The number of anilines is 5. The molecule has 5 aromatic rings. The zero-order chi connectivity index (χ0) is 29.6.